The van der Waals surface area contributed by atoms with Crippen LogP contribution in [0.3, 0.4) is 0 Å². The van der Waals surface area contributed by atoms with E-state index in [1.54, 1.807) is 12.1 Å². The topological polar surface area (TPSA) is 38.8 Å². The van der Waals surface area contributed by atoms with Crippen molar-refractivity contribution in [3.05, 3.63) is 62.9 Å². The molecule has 1 heterocycles. The van der Waals surface area contributed by atoms with Crippen LogP contribution in [0.25, 0.3) is 0 Å². The third-order valence-corrected chi connectivity index (χ3v) is 6.58. The van der Waals surface area contributed by atoms with Crippen molar-refractivity contribution in [2.45, 2.75) is 50.7 Å². The zero-order chi connectivity index (χ0) is 22.1. The molecule has 2 aromatic carbocycles. The summed E-state index contributed by atoms with van der Waals surface area (Å²) in [5.41, 5.74) is 1.92. The third kappa shape index (κ3) is 5.16. The summed E-state index contributed by atoms with van der Waals surface area (Å²) in [5.74, 6) is -0.422. The second-order valence-electron chi connectivity index (χ2n) is 8.39. The first-order chi connectivity index (χ1) is 14.9. The van der Waals surface area contributed by atoms with Crippen molar-refractivity contribution in [1.29, 1.82) is 0 Å². The lowest BCUT2D eigenvalue weighted by atomic mass is 10.0. The van der Waals surface area contributed by atoms with E-state index in [-0.39, 0.29) is 17.7 Å². The molecule has 2 aliphatic rings. The zero-order valence-electron chi connectivity index (χ0n) is 17.7. The molecule has 4 rings (SSSR count). The number of carbonyl (C=O) groups is 1. The van der Waals surface area contributed by atoms with Crippen LogP contribution in [-0.4, -0.2) is 37.2 Å². The van der Waals surface area contributed by atoms with E-state index in [0.29, 0.717) is 21.7 Å². The molecule has 0 spiro atoms. The van der Waals surface area contributed by atoms with Crippen molar-refractivity contribution in [2.75, 3.05) is 20.2 Å². The van der Waals surface area contributed by atoms with Crippen LogP contribution >= 0.6 is 23.2 Å². The maximum atomic E-state index is 14.6. The summed E-state index contributed by atoms with van der Waals surface area (Å²) in [7, 11) is 1.26. The van der Waals surface area contributed by atoms with Gasteiger partial charge < -0.3 is 9.47 Å². The van der Waals surface area contributed by atoms with Gasteiger partial charge in [-0.05, 0) is 80.5 Å². The highest BCUT2D eigenvalue weighted by Crippen LogP contribution is 2.45. The number of hydrogen-bond acceptors (Lipinski definition) is 4. The minimum Gasteiger partial charge on any atom is -0.489 e. The molecule has 31 heavy (non-hydrogen) atoms. The Morgan fingerprint density at radius 2 is 1.84 bits per heavy atom. The molecule has 0 N–H and O–H groups in total. The van der Waals surface area contributed by atoms with Crippen LogP contribution < -0.4 is 4.74 Å². The molecule has 1 aliphatic carbocycles. The predicted molar refractivity (Wildman–Crippen MR) is 120 cm³/mol. The molecule has 1 saturated heterocycles. The molecule has 2 aromatic rings. The number of methoxy groups -OCH3 is 1. The van der Waals surface area contributed by atoms with Gasteiger partial charge in [-0.3, -0.25) is 4.90 Å². The fraction of sp³-hybridized carbons (Fsp3) is 0.458. The Labute approximate surface area is 192 Å². The monoisotopic (exact) mass is 465 g/mol. The van der Waals surface area contributed by atoms with Crippen molar-refractivity contribution in [1.82, 2.24) is 4.90 Å². The van der Waals surface area contributed by atoms with Gasteiger partial charge >= 0.3 is 5.97 Å². The van der Waals surface area contributed by atoms with Crippen LogP contribution in [0.1, 0.15) is 66.1 Å². The number of carbonyl (C=O) groups excluding carboxylic acids is 1. The molecule has 166 valence electrons. The molecule has 7 heteroatoms. The van der Waals surface area contributed by atoms with Crippen molar-refractivity contribution < 1.29 is 18.7 Å². The van der Waals surface area contributed by atoms with E-state index in [9.17, 15) is 9.18 Å². The summed E-state index contributed by atoms with van der Waals surface area (Å²) in [5, 5.41) is 1.24. The molecule has 4 nitrogen and oxygen atoms in total. The molecule has 1 saturated carbocycles. The van der Waals surface area contributed by atoms with Crippen LogP contribution in [0.4, 0.5) is 4.39 Å². The lowest BCUT2D eigenvalue weighted by molar-refractivity contribution is 0.0593. The Morgan fingerprint density at radius 1 is 1.13 bits per heavy atom. The summed E-state index contributed by atoms with van der Waals surface area (Å²) in [6.45, 7) is 3.79. The largest absolute Gasteiger partial charge is 0.489 e. The molecule has 2 atom stereocenters. The van der Waals surface area contributed by atoms with Gasteiger partial charge in [0.05, 0.1) is 12.7 Å². The Morgan fingerprint density at radius 3 is 2.48 bits per heavy atom. The zero-order valence-corrected chi connectivity index (χ0v) is 19.2. The first kappa shape index (κ1) is 22.4. The third-order valence-electron chi connectivity index (χ3n) is 6.14. The van der Waals surface area contributed by atoms with E-state index < -0.39 is 11.8 Å². The quantitative estimate of drug-likeness (QED) is 0.462. The van der Waals surface area contributed by atoms with Crippen molar-refractivity contribution in [3.63, 3.8) is 0 Å². The Balaban J connectivity index is 1.52. The van der Waals surface area contributed by atoms with Crippen LogP contribution in [0.15, 0.2) is 30.3 Å². The number of benzene rings is 2. The normalized spacial score (nSPS) is 20.4. The number of nitrogens with zero attached hydrogens (tertiary/aromatic N) is 1. The molecule has 0 amide bonds. The fourth-order valence-electron chi connectivity index (χ4n) is 4.27. The standard InChI is InChI=1S/C24H26Cl2FNO3/c1-14(16-8-17(25)10-18(26)9-16)28-7-3-4-19(13-28)31-23-12-22(27)21(24(29)30-2)11-20(23)15-5-6-15/h8-12,14-15,19H,3-7,13H2,1-2H3/t14-,19-/m1/s1. The summed E-state index contributed by atoms with van der Waals surface area (Å²) in [4.78, 5) is 14.2. The number of halogens is 3. The van der Waals surface area contributed by atoms with Crippen molar-refractivity contribution in [3.8, 4) is 5.75 Å². The Bertz CT molecular complexity index is 959. The maximum Gasteiger partial charge on any atom is 0.340 e. The van der Waals surface area contributed by atoms with Crippen molar-refractivity contribution in [2.24, 2.45) is 0 Å². The van der Waals surface area contributed by atoms with Crippen LogP contribution in [0.2, 0.25) is 10.0 Å². The number of ether oxygens (including phenoxy) is 2. The molecule has 1 aliphatic heterocycles. The molecular weight excluding hydrogens is 440 g/mol. The minimum absolute atomic E-state index is 0.0338. The van der Waals surface area contributed by atoms with E-state index in [1.807, 2.05) is 12.1 Å². The van der Waals surface area contributed by atoms with Gasteiger partial charge in [-0.1, -0.05) is 23.2 Å². The van der Waals surface area contributed by atoms with E-state index in [1.165, 1.54) is 13.2 Å². The first-order valence-corrected chi connectivity index (χ1v) is 11.4. The van der Waals surface area contributed by atoms with Gasteiger partial charge in [0.2, 0.25) is 0 Å². The van der Waals surface area contributed by atoms with Crippen LogP contribution in [-0.2, 0) is 4.74 Å². The highest BCUT2D eigenvalue weighted by Gasteiger charge is 2.32. The summed E-state index contributed by atoms with van der Waals surface area (Å²) in [6, 6.07) is 8.69. The van der Waals surface area contributed by atoms with Gasteiger partial charge in [0.1, 0.15) is 17.7 Å². The number of hydrogen-bond donors (Lipinski definition) is 0. The smallest absolute Gasteiger partial charge is 0.340 e. The van der Waals surface area contributed by atoms with Gasteiger partial charge in [-0.25, -0.2) is 9.18 Å². The SMILES string of the molecule is COC(=O)c1cc(C2CC2)c(O[C@@H]2CCCN([C@H](C)c3cc(Cl)cc(Cl)c3)C2)cc1F. The number of rotatable bonds is 6. The highest BCUT2D eigenvalue weighted by atomic mass is 35.5. The molecule has 0 radical (unpaired) electrons. The maximum absolute atomic E-state index is 14.6. The average molecular weight is 466 g/mol. The minimum atomic E-state index is -0.663. The molecule has 0 unspecified atom stereocenters. The van der Waals surface area contributed by atoms with Gasteiger partial charge in [0.15, 0.2) is 0 Å². The van der Waals surface area contributed by atoms with Crippen LogP contribution in [0.5, 0.6) is 5.75 Å². The van der Waals surface area contributed by atoms with E-state index in [0.717, 1.165) is 49.9 Å². The van der Waals surface area contributed by atoms with Crippen molar-refractivity contribution >= 4 is 29.2 Å². The summed E-state index contributed by atoms with van der Waals surface area (Å²) < 4.78 is 25.6. The van der Waals surface area contributed by atoms with E-state index in [2.05, 4.69) is 11.8 Å². The predicted octanol–water partition coefficient (Wildman–Crippen LogP) is 6.40. The lowest BCUT2D eigenvalue weighted by Gasteiger charge is -2.37. The van der Waals surface area contributed by atoms with E-state index >= 15 is 0 Å². The number of esters is 1. The molecule has 2 fully saturated rings. The van der Waals surface area contributed by atoms with Gasteiger partial charge in [0.25, 0.3) is 0 Å². The Kier molecular flexibility index (Phi) is 6.75. The highest BCUT2D eigenvalue weighted by molar-refractivity contribution is 6.34. The second-order valence-corrected chi connectivity index (χ2v) is 9.26. The molecular formula is C24H26Cl2FNO3. The van der Waals surface area contributed by atoms with E-state index in [4.69, 9.17) is 32.7 Å². The second kappa shape index (κ2) is 9.35. The van der Waals surface area contributed by atoms with Gasteiger partial charge in [0, 0.05) is 28.7 Å². The number of likely N-dealkylation sites (tertiary alicyclic amines) is 1. The molecule has 0 aromatic heterocycles. The lowest BCUT2D eigenvalue weighted by Crippen LogP contribution is -2.42. The summed E-state index contributed by atoms with van der Waals surface area (Å²) >= 11 is 12.4. The fourth-order valence-corrected chi connectivity index (χ4v) is 4.82. The number of piperidine rings is 1. The van der Waals surface area contributed by atoms with Gasteiger partial charge in [-0.2, -0.15) is 0 Å². The summed E-state index contributed by atoms with van der Waals surface area (Å²) in [6.07, 6.45) is 3.85. The average Bonchev–Trinajstić information content (AvgIpc) is 3.57. The Hall–Kier alpha value is -1.82. The van der Waals surface area contributed by atoms with Crippen LogP contribution in [0, 0.1) is 5.82 Å². The van der Waals surface area contributed by atoms with Gasteiger partial charge in [-0.15, -0.1) is 0 Å². The first-order valence-electron chi connectivity index (χ1n) is 10.6. The molecule has 0 bridgehead atoms.